The van der Waals surface area contributed by atoms with Crippen molar-refractivity contribution in [2.45, 2.75) is 25.7 Å². The number of piperidine rings is 1. The Hall–Kier alpha value is -1.68. The maximum absolute atomic E-state index is 12.0. The van der Waals surface area contributed by atoms with Crippen LogP contribution in [-0.4, -0.2) is 43.3 Å². The third kappa shape index (κ3) is 4.67. The van der Waals surface area contributed by atoms with E-state index in [4.69, 9.17) is 0 Å². The fourth-order valence-electron chi connectivity index (χ4n) is 2.85. The summed E-state index contributed by atoms with van der Waals surface area (Å²) < 4.78 is 0. The second-order valence-corrected chi connectivity index (χ2v) is 5.62. The van der Waals surface area contributed by atoms with Gasteiger partial charge in [0.2, 0.25) is 5.91 Å². The van der Waals surface area contributed by atoms with Gasteiger partial charge in [0.15, 0.2) is 5.78 Å². The lowest BCUT2D eigenvalue weighted by molar-refractivity contribution is -0.125. The molecule has 0 radical (unpaired) electrons. The molecule has 1 aromatic carbocycles. The Kier molecular flexibility index (Phi) is 5.93. The summed E-state index contributed by atoms with van der Waals surface area (Å²) in [5.74, 6) is 0.543. The number of likely N-dealkylation sites (tertiary alicyclic amines) is 1. The Morgan fingerprint density at radius 2 is 1.86 bits per heavy atom. The second kappa shape index (κ2) is 7.93. The van der Waals surface area contributed by atoms with Crippen molar-refractivity contribution in [3.63, 3.8) is 0 Å². The van der Waals surface area contributed by atoms with Gasteiger partial charge in [0, 0.05) is 24.9 Å². The molecule has 0 unspecified atom stereocenters. The van der Waals surface area contributed by atoms with Crippen LogP contribution >= 0.6 is 0 Å². The molecule has 0 bridgehead atoms. The van der Waals surface area contributed by atoms with Gasteiger partial charge in [0.05, 0.1) is 0 Å². The highest BCUT2D eigenvalue weighted by Gasteiger charge is 2.23. The number of nitrogens with zero attached hydrogens (tertiary/aromatic N) is 1. The van der Waals surface area contributed by atoms with Crippen LogP contribution in [0.25, 0.3) is 0 Å². The lowest BCUT2D eigenvalue weighted by Crippen LogP contribution is -2.39. The average molecular weight is 288 g/mol. The maximum Gasteiger partial charge on any atom is 0.222 e. The van der Waals surface area contributed by atoms with Crippen molar-refractivity contribution < 1.29 is 9.59 Å². The minimum absolute atomic E-state index is 0.161. The molecule has 1 N–H and O–H groups in total. The van der Waals surface area contributed by atoms with Gasteiger partial charge < -0.3 is 10.2 Å². The van der Waals surface area contributed by atoms with Crippen molar-refractivity contribution in [1.29, 1.82) is 0 Å². The molecule has 0 aromatic heterocycles. The highest BCUT2D eigenvalue weighted by molar-refractivity contribution is 5.95. The molecule has 114 valence electrons. The van der Waals surface area contributed by atoms with Crippen molar-refractivity contribution in [2.24, 2.45) is 5.92 Å². The van der Waals surface area contributed by atoms with E-state index in [2.05, 4.69) is 10.2 Å². The number of hydrogen-bond donors (Lipinski definition) is 1. The molecule has 1 aliphatic heterocycles. The molecule has 21 heavy (non-hydrogen) atoms. The molecular weight excluding hydrogens is 264 g/mol. The molecule has 1 saturated heterocycles. The van der Waals surface area contributed by atoms with Crippen LogP contribution < -0.4 is 5.32 Å². The second-order valence-electron chi connectivity index (χ2n) is 5.62. The maximum atomic E-state index is 12.0. The third-order valence-corrected chi connectivity index (χ3v) is 4.18. The first kappa shape index (κ1) is 15.7. The zero-order valence-corrected chi connectivity index (χ0v) is 12.7. The van der Waals surface area contributed by atoms with Crippen LogP contribution in [0.15, 0.2) is 30.3 Å². The van der Waals surface area contributed by atoms with Crippen LogP contribution in [0.3, 0.4) is 0 Å². The zero-order valence-electron chi connectivity index (χ0n) is 12.7. The van der Waals surface area contributed by atoms with Gasteiger partial charge in [-0.3, -0.25) is 9.59 Å². The van der Waals surface area contributed by atoms with Crippen LogP contribution in [-0.2, 0) is 4.79 Å². The molecule has 0 saturated carbocycles. The van der Waals surface area contributed by atoms with Gasteiger partial charge >= 0.3 is 0 Å². The number of carbonyl (C=O) groups is 2. The van der Waals surface area contributed by atoms with Crippen molar-refractivity contribution in [2.75, 3.05) is 26.7 Å². The van der Waals surface area contributed by atoms with Crippen LogP contribution in [0.2, 0.25) is 0 Å². The molecule has 0 aliphatic carbocycles. The van der Waals surface area contributed by atoms with Crippen LogP contribution in [0.1, 0.15) is 36.0 Å². The molecule has 4 nitrogen and oxygen atoms in total. The molecule has 1 aliphatic rings. The first-order valence-electron chi connectivity index (χ1n) is 7.73. The summed E-state index contributed by atoms with van der Waals surface area (Å²) in [4.78, 5) is 25.9. The molecule has 1 amide bonds. The number of amides is 1. The van der Waals surface area contributed by atoms with E-state index >= 15 is 0 Å². The Bertz CT molecular complexity index is 465. The molecule has 4 heteroatoms. The topological polar surface area (TPSA) is 49.4 Å². The van der Waals surface area contributed by atoms with E-state index < -0.39 is 0 Å². The summed E-state index contributed by atoms with van der Waals surface area (Å²) in [6.07, 6.45) is 3.33. The van der Waals surface area contributed by atoms with E-state index in [-0.39, 0.29) is 17.6 Å². The normalized spacial score (nSPS) is 16.6. The summed E-state index contributed by atoms with van der Waals surface area (Å²) >= 11 is 0. The Balaban J connectivity index is 1.66. The van der Waals surface area contributed by atoms with E-state index in [1.807, 2.05) is 30.3 Å². The molecule has 1 aromatic rings. The van der Waals surface area contributed by atoms with Crippen molar-refractivity contribution >= 4 is 11.7 Å². The van der Waals surface area contributed by atoms with Crippen LogP contribution in [0.4, 0.5) is 0 Å². The van der Waals surface area contributed by atoms with Crippen molar-refractivity contribution in [3.8, 4) is 0 Å². The van der Waals surface area contributed by atoms with Gasteiger partial charge in [0.25, 0.3) is 0 Å². The highest BCUT2D eigenvalue weighted by Crippen LogP contribution is 2.17. The van der Waals surface area contributed by atoms with Crippen molar-refractivity contribution in [1.82, 2.24) is 10.2 Å². The SMILES string of the molecule is CNC(=O)C1CCN(CCCC(=O)c2ccccc2)CC1. The number of carbonyl (C=O) groups excluding carboxylic acids is 2. The van der Waals surface area contributed by atoms with E-state index in [0.717, 1.165) is 44.5 Å². The molecule has 1 fully saturated rings. The van der Waals surface area contributed by atoms with Crippen molar-refractivity contribution in [3.05, 3.63) is 35.9 Å². The van der Waals surface area contributed by atoms with Gasteiger partial charge in [-0.25, -0.2) is 0 Å². The fourth-order valence-corrected chi connectivity index (χ4v) is 2.85. The van der Waals surface area contributed by atoms with Gasteiger partial charge in [0.1, 0.15) is 0 Å². The zero-order chi connectivity index (χ0) is 15.1. The van der Waals surface area contributed by atoms with E-state index in [0.29, 0.717) is 6.42 Å². The Morgan fingerprint density at radius 3 is 2.48 bits per heavy atom. The van der Waals surface area contributed by atoms with Crippen LogP contribution in [0.5, 0.6) is 0 Å². The number of rotatable bonds is 6. The smallest absolute Gasteiger partial charge is 0.222 e. The largest absolute Gasteiger partial charge is 0.359 e. The first-order valence-corrected chi connectivity index (χ1v) is 7.73. The first-order chi connectivity index (χ1) is 10.2. The van der Waals surface area contributed by atoms with Gasteiger partial charge in [-0.15, -0.1) is 0 Å². The van der Waals surface area contributed by atoms with Gasteiger partial charge in [-0.05, 0) is 38.9 Å². The summed E-state index contributed by atoms with van der Waals surface area (Å²) in [6.45, 7) is 2.86. The molecule has 0 atom stereocenters. The molecule has 1 heterocycles. The minimum Gasteiger partial charge on any atom is -0.359 e. The van der Waals surface area contributed by atoms with E-state index in [1.54, 1.807) is 7.05 Å². The minimum atomic E-state index is 0.161. The monoisotopic (exact) mass is 288 g/mol. The Morgan fingerprint density at radius 1 is 1.19 bits per heavy atom. The quantitative estimate of drug-likeness (QED) is 0.816. The van der Waals surface area contributed by atoms with E-state index in [1.165, 1.54) is 0 Å². The number of Topliss-reactive ketones (excluding diaryl/α,β-unsaturated/α-hetero) is 1. The Labute approximate surface area is 126 Å². The summed E-state index contributed by atoms with van der Waals surface area (Å²) in [6, 6.07) is 9.47. The standard InChI is InChI=1S/C17H24N2O2/c1-18-17(21)15-9-12-19(13-10-15)11-5-8-16(20)14-6-3-2-4-7-14/h2-4,6-7,15H,5,8-13H2,1H3,(H,18,21). The third-order valence-electron chi connectivity index (χ3n) is 4.18. The lowest BCUT2D eigenvalue weighted by atomic mass is 9.95. The summed E-state index contributed by atoms with van der Waals surface area (Å²) in [5.41, 5.74) is 0.802. The number of ketones is 1. The predicted octanol–water partition coefficient (Wildman–Crippen LogP) is 2.11. The number of nitrogens with one attached hydrogen (secondary N) is 1. The summed E-state index contributed by atoms with van der Waals surface area (Å²) in [7, 11) is 1.70. The average Bonchev–Trinajstić information content (AvgIpc) is 2.55. The molecule has 2 rings (SSSR count). The molecular formula is C17H24N2O2. The number of benzene rings is 1. The number of hydrogen-bond acceptors (Lipinski definition) is 3. The van der Waals surface area contributed by atoms with Crippen LogP contribution in [0, 0.1) is 5.92 Å². The molecule has 0 spiro atoms. The fraction of sp³-hybridized carbons (Fsp3) is 0.529. The lowest BCUT2D eigenvalue weighted by Gasteiger charge is -2.30. The van der Waals surface area contributed by atoms with E-state index in [9.17, 15) is 9.59 Å². The van der Waals surface area contributed by atoms with Gasteiger partial charge in [-0.1, -0.05) is 30.3 Å². The predicted molar refractivity (Wildman–Crippen MR) is 83.2 cm³/mol. The summed E-state index contributed by atoms with van der Waals surface area (Å²) in [5, 5.41) is 2.72. The van der Waals surface area contributed by atoms with Gasteiger partial charge in [-0.2, -0.15) is 0 Å². The highest BCUT2D eigenvalue weighted by atomic mass is 16.1.